The maximum Gasteiger partial charge on any atom is 0.119 e. The molecule has 0 saturated heterocycles. The summed E-state index contributed by atoms with van der Waals surface area (Å²) in [5.41, 5.74) is 1.37. The van der Waals surface area contributed by atoms with Gasteiger partial charge in [0.25, 0.3) is 0 Å². The number of rotatable bonds is 12. The highest BCUT2D eigenvalue weighted by Crippen LogP contribution is 2.19. The summed E-state index contributed by atoms with van der Waals surface area (Å²) in [4.78, 5) is 0. The number of hydrogen-bond donors (Lipinski definition) is 1. The van der Waals surface area contributed by atoms with Gasteiger partial charge < -0.3 is 14.8 Å². The zero-order valence-electron chi connectivity index (χ0n) is 13.9. The predicted octanol–water partition coefficient (Wildman–Crippen LogP) is 3.67. The van der Waals surface area contributed by atoms with Crippen molar-refractivity contribution in [1.82, 2.24) is 5.32 Å². The Balaban J connectivity index is 2.48. The predicted molar refractivity (Wildman–Crippen MR) is 89.1 cm³/mol. The van der Waals surface area contributed by atoms with Gasteiger partial charge in [0.1, 0.15) is 5.75 Å². The van der Waals surface area contributed by atoms with Gasteiger partial charge in [0.2, 0.25) is 0 Å². The van der Waals surface area contributed by atoms with E-state index in [2.05, 4.69) is 30.4 Å². The van der Waals surface area contributed by atoms with Crippen molar-refractivity contribution in [3.8, 4) is 5.75 Å². The van der Waals surface area contributed by atoms with Gasteiger partial charge in [-0.2, -0.15) is 0 Å². The summed E-state index contributed by atoms with van der Waals surface area (Å²) in [6.07, 6.45) is 5.93. The molecule has 0 bridgehead atoms. The van der Waals surface area contributed by atoms with Crippen LogP contribution in [0.3, 0.4) is 0 Å². The lowest BCUT2D eigenvalue weighted by Gasteiger charge is -2.18. The van der Waals surface area contributed by atoms with Gasteiger partial charge in [-0.25, -0.2) is 0 Å². The quantitative estimate of drug-likeness (QED) is 0.596. The lowest BCUT2D eigenvalue weighted by atomic mass is 9.94. The minimum absolute atomic E-state index is 0.681. The van der Waals surface area contributed by atoms with Crippen LogP contribution in [0, 0.1) is 5.92 Å². The van der Waals surface area contributed by atoms with Gasteiger partial charge in [0, 0.05) is 13.7 Å². The third kappa shape index (κ3) is 8.08. The number of unbranched alkanes of at least 4 members (excludes halogenated alkanes) is 1. The van der Waals surface area contributed by atoms with Crippen LogP contribution >= 0.6 is 0 Å². The summed E-state index contributed by atoms with van der Waals surface area (Å²) in [5, 5.41) is 3.56. The van der Waals surface area contributed by atoms with Gasteiger partial charge in [0.05, 0.1) is 7.11 Å². The normalized spacial score (nSPS) is 12.3. The zero-order chi connectivity index (χ0) is 15.3. The number of methoxy groups -OCH3 is 2. The monoisotopic (exact) mass is 293 g/mol. The minimum atomic E-state index is 0.681. The molecular formula is C18H31NO2. The van der Waals surface area contributed by atoms with Gasteiger partial charge in [-0.1, -0.05) is 25.5 Å². The molecule has 3 heteroatoms. The maximum absolute atomic E-state index is 5.32. The average molecular weight is 293 g/mol. The first-order valence-electron chi connectivity index (χ1n) is 8.12. The van der Waals surface area contributed by atoms with Crippen molar-refractivity contribution in [2.75, 3.05) is 33.9 Å². The molecule has 0 aliphatic heterocycles. The van der Waals surface area contributed by atoms with Crippen LogP contribution in [0.1, 0.15) is 38.2 Å². The molecule has 1 aromatic carbocycles. The first-order valence-corrected chi connectivity index (χ1v) is 8.12. The van der Waals surface area contributed by atoms with Crippen LogP contribution < -0.4 is 10.1 Å². The molecule has 1 N–H and O–H groups in total. The Kier molecular flexibility index (Phi) is 9.92. The molecule has 0 heterocycles. The molecule has 0 spiro atoms. The van der Waals surface area contributed by atoms with Crippen LogP contribution in [0.25, 0.3) is 0 Å². The molecule has 0 saturated carbocycles. The van der Waals surface area contributed by atoms with E-state index >= 15 is 0 Å². The van der Waals surface area contributed by atoms with Crippen LogP contribution in [0.4, 0.5) is 0 Å². The van der Waals surface area contributed by atoms with E-state index in [-0.39, 0.29) is 0 Å². The van der Waals surface area contributed by atoms with E-state index in [1.807, 2.05) is 6.07 Å². The van der Waals surface area contributed by atoms with Gasteiger partial charge in [-0.3, -0.25) is 0 Å². The van der Waals surface area contributed by atoms with E-state index < -0.39 is 0 Å². The first-order chi connectivity index (χ1) is 10.3. The molecule has 21 heavy (non-hydrogen) atoms. The minimum Gasteiger partial charge on any atom is -0.497 e. The summed E-state index contributed by atoms with van der Waals surface area (Å²) < 4.78 is 10.5. The largest absolute Gasteiger partial charge is 0.497 e. The second-order valence-electron chi connectivity index (χ2n) is 5.61. The van der Waals surface area contributed by atoms with E-state index in [0.29, 0.717) is 5.92 Å². The van der Waals surface area contributed by atoms with E-state index in [9.17, 15) is 0 Å². The summed E-state index contributed by atoms with van der Waals surface area (Å²) in [7, 11) is 3.50. The Bertz CT molecular complexity index is 368. The molecule has 3 nitrogen and oxygen atoms in total. The Morgan fingerprint density at radius 2 is 2.05 bits per heavy atom. The lowest BCUT2D eigenvalue weighted by Crippen LogP contribution is -2.25. The van der Waals surface area contributed by atoms with Crippen molar-refractivity contribution >= 4 is 0 Å². The standard InChI is InChI=1S/C18H31NO2/c1-4-11-19-15-17(8-5-6-12-20-2)13-16-9-7-10-18(14-16)21-3/h7,9-10,14,17,19H,4-6,8,11-13,15H2,1-3H3. The Labute approximate surface area is 130 Å². The molecule has 1 atom stereocenters. The van der Waals surface area contributed by atoms with Crippen LogP contribution in [0.2, 0.25) is 0 Å². The molecule has 0 fully saturated rings. The van der Waals surface area contributed by atoms with Crippen LogP contribution in [0.5, 0.6) is 5.75 Å². The smallest absolute Gasteiger partial charge is 0.119 e. The highest BCUT2D eigenvalue weighted by atomic mass is 16.5. The van der Waals surface area contributed by atoms with Crippen LogP contribution in [-0.4, -0.2) is 33.9 Å². The average Bonchev–Trinajstić information content (AvgIpc) is 2.51. The van der Waals surface area contributed by atoms with Crippen molar-refractivity contribution in [3.05, 3.63) is 29.8 Å². The molecule has 120 valence electrons. The van der Waals surface area contributed by atoms with Crippen molar-refractivity contribution in [2.24, 2.45) is 5.92 Å². The van der Waals surface area contributed by atoms with Gasteiger partial charge in [0.15, 0.2) is 0 Å². The third-order valence-corrected chi connectivity index (χ3v) is 3.73. The van der Waals surface area contributed by atoms with Crippen molar-refractivity contribution < 1.29 is 9.47 Å². The van der Waals surface area contributed by atoms with E-state index in [1.54, 1.807) is 14.2 Å². The second kappa shape index (κ2) is 11.6. The fraction of sp³-hybridized carbons (Fsp3) is 0.667. The Morgan fingerprint density at radius 3 is 2.76 bits per heavy atom. The number of ether oxygens (including phenoxy) is 2. The maximum atomic E-state index is 5.32. The van der Waals surface area contributed by atoms with Crippen molar-refractivity contribution in [3.63, 3.8) is 0 Å². The van der Waals surface area contributed by atoms with Gasteiger partial charge >= 0.3 is 0 Å². The zero-order valence-corrected chi connectivity index (χ0v) is 13.9. The SMILES string of the molecule is CCCNCC(CCCCOC)Cc1cccc(OC)c1. The molecule has 0 aliphatic rings. The van der Waals surface area contributed by atoms with Crippen molar-refractivity contribution in [2.45, 2.75) is 39.0 Å². The number of hydrogen-bond acceptors (Lipinski definition) is 3. The molecule has 1 unspecified atom stereocenters. The van der Waals surface area contributed by atoms with Gasteiger partial charge in [-0.05, 0) is 62.4 Å². The van der Waals surface area contributed by atoms with Crippen molar-refractivity contribution in [1.29, 1.82) is 0 Å². The Hall–Kier alpha value is -1.06. The molecule has 1 rings (SSSR count). The molecule has 0 aliphatic carbocycles. The molecular weight excluding hydrogens is 262 g/mol. The second-order valence-corrected chi connectivity index (χ2v) is 5.61. The van der Waals surface area contributed by atoms with Crippen LogP contribution in [0.15, 0.2) is 24.3 Å². The number of benzene rings is 1. The fourth-order valence-corrected chi connectivity index (χ4v) is 2.57. The highest BCUT2D eigenvalue weighted by molar-refractivity contribution is 5.28. The molecule has 0 aromatic heterocycles. The molecule has 0 amide bonds. The van der Waals surface area contributed by atoms with E-state index in [0.717, 1.165) is 38.3 Å². The topological polar surface area (TPSA) is 30.5 Å². The Morgan fingerprint density at radius 1 is 1.19 bits per heavy atom. The molecule has 0 radical (unpaired) electrons. The highest BCUT2D eigenvalue weighted by Gasteiger charge is 2.10. The first kappa shape index (κ1) is 18.0. The summed E-state index contributed by atoms with van der Waals surface area (Å²) in [5.74, 6) is 1.63. The summed E-state index contributed by atoms with van der Waals surface area (Å²) >= 11 is 0. The summed E-state index contributed by atoms with van der Waals surface area (Å²) in [6, 6.07) is 8.44. The molecule has 1 aromatic rings. The van der Waals surface area contributed by atoms with Gasteiger partial charge in [-0.15, -0.1) is 0 Å². The fourth-order valence-electron chi connectivity index (χ4n) is 2.57. The van der Waals surface area contributed by atoms with Crippen LogP contribution in [-0.2, 0) is 11.2 Å². The summed E-state index contributed by atoms with van der Waals surface area (Å²) in [6.45, 7) is 5.28. The number of nitrogens with one attached hydrogen (secondary N) is 1. The third-order valence-electron chi connectivity index (χ3n) is 3.73. The lowest BCUT2D eigenvalue weighted by molar-refractivity contribution is 0.190. The van der Waals surface area contributed by atoms with E-state index in [1.165, 1.54) is 24.8 Å². The van der Waals surface area contributed by atoms with E-state index in [4.69, 9.17) is 9.47 Å².